The molecule has 1 unspecified atom stereocenters. The molecule has 2 aromatic carbocycles. The summed E-state index contributed by atoms with van der Waals surface area (Å²) in [6, 6.07) is 12.4. The predicted octanol–water partition coefficient (Wildman–Crippen LogP) is 3.56. The summed E-state index contributed by atoms with van der Waals surface area (Å²) in [7, 11) is 1.61. The average Bonchev–Trinajstić information content (AvgIpc) is 2.65. The second-order valence-corrected chi connectivity index (χ2v) is 7.05. The van der Waals surface area contributed by atoms with Crippen molar-refractivity contribution in [3.05, 3.63) is 63.6 Å². The minimum absolute atomic E-state index is 0.184. The fraction of sp³-hybridized carbons (Fsp3) is 0.300. The van der Waals surface area contributed by atoms with Gasteiger partial charge in [-0.3, -0.25) is 4.79 Å². The Bertz CT molecular complexity index is 811. The van der Waals surface area contributed by atoms with Gasteiger partial charge in [-0.25, -0.2) is 4.79 Å². The molecule has 6 nitrogen and oxygen atoms in total. The topological polar surface area (TPSA) is 79.5 Å². The summed E-state index contributed by atoms with van der Waals surface area (Å²) in [6.07, 6.45) is 0. The SMILES string of the molecule is COc1ccc(C)cc1C(C)NC(=O)NCCNC(=O)c1cccc(Br)c1. The normalized spacial score (nSPS) is 11.4. The predicted molar refractivity (Wildman–Crippen MR) is 109 cm³/mol. The molecule has 0 bridgehead atoms. The number of amides is 3. The smallest absolute Gasteiger partial charge is 0.315 e. The molecule has 0 aromatic heterocycles. The molecule has 1 atom stereocenters. The zero-order chi connectivity index (χ0) is 19.8. The number of urea groups is 1. The van der Waals surface area contributed by atoms with E-state index in [4.69, 9.17) is 4.74 Å². The molecule has 0 aliphatic carbocycles. The van der Waals surface area contributed by atoms with Gasteiger partial charge in [0.1, 0.15) is 5.75 Å². The highest BCUT2D eigenvalue weighted by atomic mass is 79.9. The molecule has 0 saturated carbocycles. The number of benzene rings is 2. The largest absolute Gasteiger partial charge is 0.496 e. The Hall–Kier alpha value is -2.54. The number of carbonyl (C=O) groups excluding carboxylic acids is 2. The van der Waals surface area contributed by atoms with Gasteiger partial charge in [0.15, 0.2) is 0 Å². The lowest BCUT2D eigenvalue weighted by atomic mass is 10.0. The number of rotatable bonds is 7. The summed E-state index contributed by atoms with van der Waals surface area (Å²) in [6.45, 7) is 4.54. The van der Waals surface area contributed by atoms with Gasteiger partial charge in [-0.1, -0.05) is 39.7 Å². The van der Waals surface area contributed by atoms with Gasteiger partial charge in [-0.05, 0) is 38.1 Å². The van der Waals surface area contributed by atoms with E-state index in [1.54, 1.807) is 25.3 Å². The van der Waals surface area contributed by atoms with Gasteiger partial charge in [0.2, 0.25) is 0 Å². The Kier molecular flexibility index (Phi) is 7.67. The van der Waals surface area contributed by atoms with Gasteiger partial charge in [-0.2, -0.15) is 0 Å². The van der Waals surface area contributed by atoms with Crippen LogP contribution in [0.15, 0.2) is 46.9 Å². The molecule has 27 heavy (non-hydrogen) atoms. The summed E-state index contributed by atoms with van der Waals surface area (Å²) >= 11 is 3.33. The Morgan fingerprint density at radius 1 is 1.11 bits per heavy atom. The first kappa shape index (κ1) is 20.8. The molecule has 2 aromatic rings. The Morgan fingerprint density at radius 3 is 2.56 bits per heavy atom. The fourth-order valence-electron chi connectivity index (χ4n) is 2.60. The number of hydrogen-bond donors (Lipinski definition) is 3. The number of halogens is 1. The number of ether oxygens (including phenoxy) is 1. The Morgan fingerprint density at radius 2 is 1.85 bits per heavy atom. The monoisotopic (exact) mass is 433 g/mol. The van der Waals surface area contributed by atoms with Crippen molar-refractivity contribution in [2.75, 3.05) is 20.2 Å². The van der Waals surface area contributed by atoms with Gasteiger partial charge < -0.3 is 20.7 Å². The van der Waals surface area contributed by atoms with Gasteiger partial charge in [0, 0.05) is 28.7 Å². The summed E-state index contributed by atoms with van der Waals surface area (Å²) in [4.78, 5) is 24.1. The second kappa shape index (κ2) is 9.97. The number of methoxy groups -OCH3 is 1. The molecule has 144 valence electrons. The maximum atomic E-state index is 12.1. The molecule has 7 heteroatoms. The number of hydrogen-bond acceptors (Lipinski definition) is 3. The lowest BCUT2D eigenvalue weighted by Gasteiger charge is -2.18. The van der Waals surface area contributed by atoms with Crippen LogP contribution < -0.4 is 20.7 Å². The third-order valence-corrected chi connectivity index (χ3v) is 4.48. The summed E-state index contributed by atoms with van der Waals surface area (Å²) in [5.74, 6) is 0.547. The molecule has 0 aliphatic rings. The molecule has 0 saturated heterocycles. The minimum Gasteiger partial charge on any atom is -0.496 e. The second-order valence-electron chi connectivity index (χ2n) is 6.13. The van der Waals surface area contributed by atoms with Crippen LogP contribution in [0.2, 0.25) is 0 Å². The van der Waals surface area contributed by atoms with Crippen molar-refractivity contribution < 1.29 is 14.3 Å². The molecule has 0 fully saturated rings. The molecule has 0 aliphatic heterocycles. The van der Waals surface area contributed by atoms with Crippen molar-refractivity contribution in [1.82, 2.24) is 16.0 Å². The minimum atomic E-state index is -0.303. The summed E-state index contributed by atoms with van der Waals surface area (Å²) < 4.78 is 6.20. The lowest BCUT2D eigenvalue weighted by Crippen LogP contribution is -2.41. The summed E-state index contributed by atoms with van der Waals surface area (Å²) in [5.41, 5.74) is 2.57. The van der Waals surface area contributed by atoms with Crippen molar-refractivity contribution in [2.24, 2.45) is 0 Å². The van der Waals surface area contributed by atoms with Gasteiger partial charge in [-0.15, -0.1) is 0 Å². The molecule has 2 rings (SSSR count). The van der Waals surface area contributed by atoms with E-state index in [0.29, 0.717) is 18.7 Å². The Balaban J connectivity index is 1.78. The standard InChI is InChI=1S/C20H24BrN3O3/c1-13-7-8-18(27-3)17(11-13)14(2)24-20(26)23-10-9-22-19(25)15-5-4-6-16(21)12-15/h4-8,11-12,14H,9-10H2,1-3H3,(H,22,25)(H2,23,24,26). The van der Waals surface area contributed by atoms with E-state index < -0.39 is 0 Å². The first-order chi connectivity index (χ1) is 12.9. The van der Waals surface area contributed by atoms with Crippen LogP contribution in [-0.4, -0.2) is 32.1 Å². The number of carbonyl (C=O) groups is 2. The molecular weight excluding hydrogens is 410 g/mol. The highest BCUT2D eigenvalue weighted by Gasteiger charge is 2.14. The van der Waals surface area contributed by atoms with Crippen molar-refractivity contribution in [1.29, 1.82) is 0 Å². The third kappa shape index (κ3) is 6.29. The van der Waals surface area contributed by atoms with Crippen molar-refractivity contribution in [3.63, 3.8) is 0 Å². The van der Waals surface area contributed by atoms with Crippen LogP contribution in [0.25, 0.3) is 0 Å². The van der Waals surface area contributed by atoms with E-state index in [9.17, 15) is 9.59 Å². The van der Waals surface area contributed by atoms with E-state index in [0.717, 1.165) is 21.3 Å². The molecular formula is C20H24BrN3O3. The van der Waals surface area contributed by atoms with E-state index >= 15 is 0 Å². The van der Waals surface area contributed by atoms with E-state index in [1.807, 2.05) is 38.1 Å². The van der Waals surface area contributed by atoms with Crippen molar-refractivity contribution in [2.45, 2.75) is 19.9 Å². The Labute approximate surface area is 167 Å². The summed E-state index contributed by atoms with van der Waals surface area (Å²) in [5, 5.41) is 8.39. The van der Waals surface area contributed by atoms with Crippen LogP contribution in [0.4, 0.5) is 4.79 Å². The van der Waals surface area contributed by atoms with Crippen LogP contribution in [-0.2, 0) is 0 Å². The molecule has 3 amide bonds. The number of aryl methyl sites for hydroxylation is 1. The van der Waals surface area contributed by atoms with E-state index in [-0.39, 0.29) is 18.0 Å². The first-order valence-corrected chi connectivity index (χ1v) is 9.42. The van der Waals surface area contributed by atoms with Gasteiger partial charge in [0.25, 0.3) is 5.91 Å². The van der Waals surface area contributed by atoms with Crippen molar-refractivity contribution in [3.8, 4) is 5.75 Å². The lowest BCUT2D eigenvalue weighted by molar-refractivity contribution is 0.0953. The van der Waals surface area contributed by atoms with Crippen LogP contribution in [0.5, 0.6) is 5.75 Å². The zero-order valence-corrected chi connectivity index (χ0v) is 17.2. The fourth-order valence-corrected chi connectivity index (χ4v) is 3.00. The van der Waals surface area contributed by atoms with Crippen LogP contribution >= 0.6 is 15.9 Å². The van der Waals surface area contributed by atoms with E-state index in [2.05, 4.69) is 31.9 Å². The van der Waals surface area contributed by atoms with Crippen LogP contribution in [0.3, 0.4) is 0 Å². The molecule has 0 spiro atoms. The molecule has 3 N–H and O–H groups in total. The zero-order valence-electron chi connectivity index (χ0n) is 15.6. The molecule has 0 radical (unpaired) electrons. The molecule has 0 heterocycles. The van der Waals surface area contributed by atoms with Crippen LogP contribution in [0.1, 0.15) is 34.5 Å². The highest BCUT2D eigenvalue weighted by Crippen LogP contribution is 2.25. The maximum absolute atomic E-state index is 12.1. The van der Waals surface area contributed by atoms with Crippen molar-refractivity contribution >= 4 is 27.9 Å². The third-order valence-electron chi connectivity index (χ3n) is 3.98. The van der Waals surface area contributed by atoms with E-state index in [1.165, 1.54) is 0 Å². The first-order valence-electron chi connectivity index (χ1n) is 8.63. The van der Waals surface area contributed by atoms with Gasteiger partial charge >= 0.3 is 6.03 Å². The highest BCUT2D eigenvalue weighted by molar-refractivity contribution is 9.10. The van der Waals surface area contributed by atoms with Crippen LogP contribution in [0, 0.1) is 6.92 Å². The average molecular weight is 434 g/mol. The quantitative estimate of drug-likeness (QED) is 0.584. The number of nitrogens with one attached hydrogen (secondary N) is 3. The van der Waals surface area contributed by atoms with Gasteiger partial charge in [0.05, 0.1) is 13.2 Å². The maximum Gasteiger partial charge on any atom is 0.315 e.